The molecule has 0 bridgehead atoms. The van der Waals surface area contributed by atoms with E-state index in [2.05, 4.69) is 170 Å². The van der Waals surface area contributed by atoms with Crippen LogP contribution in [0.15, 0.2) is 156 Å². The number of fused-ring (bicyclic) bond motifs is 8. The lowest BCUT2D eigenvalue weighted by atomic mass is 9.98. The zero-order chi connectivity index (χ0) is 30.1. The van der Waals surface area contributed by atoms with Crippen LogP contribution in [-0.2, 0) is 0 Å². The Morgan fingerprint density at radius 3 is 2.02 bits per heavy atom. The van der Waals surface area contributed by atoms with Crippen molar-refractivity contribution >= 4 is 68.2 Å². The fourth-order valence-corrected chi connectivity index (χ4v) is 10.5. The molecule has 0 radical (unpaired) electrons. The number of furan rings is 1. The van der Waals surface area contributed by atoms with Gasteiger partial charge in [0.05, 0.1) is 0 Å². The fourth-order valence-electron chi connectivity index (χ4n) is 7.46. The molecule has 1 aromatic heterocycles. The second-order valence-corrected chi connectivity index (χ2v) is 16.9. The summed E-state index contributed by atoms with van der Waals surface area (Å²) in [6.07, 6.45) is 0. The quantitative estimate of drug-likeness (QED) is 0.189. The normalized spacial score (nSPS) is 13.3. The van der Waals surface area contributed by atoms with Crippen molar-refractivity contribution in [2.45, 2.75) is 13.1 Å². The van der Waals surface area contributed by atoms with Gasteiger partial charge < -0.3 is 9.32 Å². The van der Waals surface area contributed by atoms with Gasteiger partial charge in [-0.15, -0.1) is 0 Å². The van der Waals surface area contributed by atoms with Gasteiger partial charge in [0.25, 0.3) is 0 Å². The molecule has 0 fully saturated rings. The first kappa shape index (κ1) is 26.1. The molecule has 0 spiro atoms. The topological polar surface area (TPSA) is 16.4 Å². The van der Waals surface area contributed by atoms with E-state index in [0.29, 0.717) is 0 Å². The largest absolute Gasteiger partial charge is 0.456 e. The van der Waals surface area contributed by atoms with Gasteiger partial charge >= 0.3 is 0 Å². The van der Waals surface area contributed by atoms with Crippen LogP contribution in [0.5, 0.6) is 0 Å². The van der Waals surface area contributed by atoms with Crippen molar-refractivity contribution in [1.29, 1.82) is 0 Å². The molecule has 2 heterocycles. The minimum atomic E-state index is -1.99. The van der Waals surface area contributed by atoms with E-state index < -0.39 is 8.07 Å². The van der Waals surface area contributed by atoms with Gasteiger partial charge in [0.2, 0.25) is 0 Å². The van der Waals surface area contributed by atoms with Gasteiger partial charge in [-0.3, -0.25) is 0 Å². The monoisotopic (exact) mass is 593 g/mol. The van der Waals surface area contributed by atoms with Crippen molar-refractivity contribution in [3.8, 4) is 22.3 Å². The summed E-state index contributed by atoms with van der Waals surface area (Å²) < 4.78 is 6.31. The van der Waals surface area contributed by atoms with Crippen molar-refractivity contribution < 1.29 is 4.42 Å². The molecule has 0 amide bonds. The number of nitrogens with zero attached hydrogens (tertiary/aromatic N) is 1. The van der Waals surface area contributed by atoms with E-state index in [4.69, 9.17) is 4.42 Å². The molecule has 214 valence electrons. The molecule has 1 aliphatic heterocycles. The maximum Gasteiger partial charge on any atom is 0.136 e. The summed E-state index contributed by atoms with van der Waals surface area (Å²) in [5.41, 5.74) is 10.6. The van der Waals surface area contributed by atoms with Crippen molar-refractivity contribution in [2.75, 3.05) is 4.90 Å². The zero-order valence-corrected chi connectivity index (χ0v) is 26.3. The predicted molar refractivity (Wildman–Crippen MR) is 194 cm³/mol. The molecule has 0 N–H and O–H groups in total. The summed E-state index contributed by atoms with van der Waals surface area (Å²) in [7, 11) is -1.99. The van der Waals surface area contributed by atoms with Crippen LogP contribution < -0.4 is 15.3 Å². The molecule has 1 aliphatic rings. The summed E-state index contributed by atoms with van der Waals surface area (Å²) in [6.45, 7) is 4.97. The van der Waals surface area contributed by atoms with Crippen LogP contribution in [0.25, 0.3) is 55.0 Å². The average Bonchev–Trinajstić information content (AvgIpc) is 3.57. The molecule has 8 aromatic rings. The third-order valence-corrected chi connectivity index (χ3v) is 13.2. The number of para-hydroxylation sites is 2. The lowest BCUT2D eigenvalue weighted by Crippen LogP contribution is -2.49. The Hall–Kier alpha value is -5.38. The summed E-state index contributed by atoms with van der Waals surface area (Å²) in [5.74, 6) is 0. The third-order valence-electron chi connectivity index (χ3n) is 9.66. The van der Waals surface area contributed by atoms with Gasteiger partial charge in [-0.25, -0.2) is 0 Å². The number of rotatable bonds is 4. The van der Waals surface area contributed by atoms with Crippen LogP contribution in [0.3, 0.4) is 0 Å². The lowest BCUT2D eigenvalue weighted by Gasteiger charge is -2.27. The average molecular weight is 594 g/mol. The molecule has 9 rings (SSSR count). The molecule has 3 heteroatoms. The fraction of sp³-hybridized carbons (Fsp3) is 0.0476. The molecule has 45 heavy (non-hydrogen) atoms. The maximum absolute atomic E-state index is 6.31. The zero-order valence-electron chi connectivity index (χ0n) is 25.3. The minimum Gasteiger partial charge on any atom is -0.456 e. The first-order chi connectivity index (χ1) is 22.1. The van der Waals surface area contributed by atoms with Crippen LogP contribution in [0.4, 0.5) is 17.1 Å². The van der Waals surface area contributed by atoms with Gasteiger partial charge in [-0.2, -0.15) is 0 Å². The first-order valence-corrected chi connectivity index (χ1v) is 18.6. The van der Waals surface area contributed by atoms with E-state index in [0.717, 1.165) is 22.5 Å². The van der Waals surface area contributed by atoms with Crippen molar-refractivity contribution in [3.05, 3.63) is 152 Å². The maximum atomic E-state index is 6.31. The Labute approximate surface area is 263 Å². The van der Waals surface area contributed by atoms with Crippen LogP contribution in [0.1, 0.15) is 0 Å². The smallest absolute Gasteiger partial charge is 0.136 e. The number of benzene rings is 7. The summed E-state index contributed by atoms with van der Waals surface area (Å²) in [6, 6.07) is 55.0. The van der Waals surface area contributed by atoms with Gasteiger partial charge in [-0.1, -0.05) is 116 Å². The van der Waals surface area contributed by atoms with Gasteiger partial charge in [-0.05, 0) is 91.9 Å². The second-order valence-electron chi connectivity index (χ2n) is 12.6. The highest BCUT2D eigenvalue weighted by Crippen LogP contribution is 2.42. The number of anilines is 3. The molecule has 0 unspecified atom stereocenters. The van der Waals surface area contributed by atoms with Gasteiger partial charge in [0.1, 0.15) is 19.2 Å². The molecule has 7 aromatic carbocycles. The lowest BCUT2D eigenvalue weighted by molar-refractivity contribution is 0.669. The Morgan fingerprint density at radius 1 is 0.489 bits per heavy atom. The van der Waals surface area contributed by atoms with E-state index in [1.165, 1.54) is 59.9 Å². The molecule has 2 nitrogen and oxygen atoms in total. The highest BCUT2D eigenvalue weighted by Gasteiger charge is 2.39. The second kappa shape index (κ2) is 9.81. The standard InChI is InChI=1S/C42H31NOSi/c1-45(2)39-26-25-38-41(35-16-8-9-18-37(35)44-38)42(39)36-24-23-32(27-40(36)45)43(30-13-4-3-5-14-30)31-21-19-29(20-22-31)34-17-10-12-28-11-6-7-15-33(28)34/h3-27H,1-2H3. The Morgan fingerprint density at radius 2 is 1.18 bits per heavy atom. The molecular formula is C42H31NOSi. The van der Waals surface area contributed by atoms with Gasteiger partial charge in [0, 0.05) is 27.8 Å². The Kier molecular flexibility index (Phi) is 5.68. The Bertz CT molecular complexity index is 2400. The van der Waals surface area contributed by atoms with E-state index in [9.17, 15) is 0 Å². The van der Waals surface area contributed by atoms with Crippen molar-refractivity contribution in [2.24, 2.45) is 0 Å². The van der Waals surface area contributed by atoms with E-state index in [-0.39, 0.29) is 0 Å². The molecular weight excluding hydrogens is 563 g/mol. The number of hydrogen-bond acceptors (Lipinski definition) is 2. The molecule has 0 atom stereocenters. The third kappa shape index (κ3) is 3.94. The van der Waals surface area contributed by atoms with E-state index in [1.54, 1.807) is 0 Å². The van der Waals surface area contributed by atoms with E-state index in [1.807, 2.05) is 0 Å². The summed E-state index contributed by atoms with van der Waals surface area (Å²) in [5, 5.41) is 7.94. The Balaban J connectivity index is 1.19. The summed E-state index contributed by atoms with van der Waals surface area (Å²) >= 11 is 0. The summed E-state index contributed by atoms with van der Waals surface area (Å²) in [4.78, 5) is 2.39. The van der Waals surface area contributed by atoms with Crippen LogP contribution >= 0.6 is 0 Å². The molecule has 0 saturated heterocycles. The highest BCUT2D eigenvalue weighted by atomic mass is 28.3. The highest BCUT2D eigenvalue weighted by molar-refractivity contribution is 7.04. The van der Waals surface area contributed by atoms with Gasteiger partial charge in [0.15, 0.2) is 0 Å². The predicted octanol–water partition coefficient (Wildman–Crippen LogP) is 10.7. The van der Waals surface area contributed by atoms with Crippen molar-refractivity contribution in [3.63, 3.8) is 0 Å². The van der Waals surface area contributed by atoms with Crippen LogP contribution in [0, 0.1) is 0 Å². The van der Waals surface area contributed by atoms with Crippen LogP contribution in [-0.4, -0.2) is 8.07 Å². The SMILES string of the molecule is C[Si]1(C)c2cc(N(c3ccccc3)c3ccc(-c4cccc5ccccc45)cc3)ccc2-c2c1ccc1oc3ccccc3c21. The van der Waals surface area contributed by atoms with Crippen molar-refractivity contribution in [1.82, 2.24) is 0 Å². The molecule has 0 saturated carbocycles. The minimum absolute atomic E-state index is 0.952. The first-order valence-electron chi connectivity index (χ1n) is 15.6. The molecule has 0 aliphatic carbocycles. The number of hydrogen-bond donors (Lipinski definition) is 0. The van der Waals surface area contributed by atoms with E-state index >= 15 is 0 Å². The van der Waals surface area contributed by atoms with Crippen LogP contribution in [0.2, 0.25) is 13.1 Å².